The standard InChI is InChI=1S/C11H14N4O3S/c1-8(15-19(2,16)17)10-13-14-11(18-10)12-9-6-4-3-5-7-9/h3-8,15H,1-2H3,(H,12,14). The van der Waals surface area contributed by atoms with Crippen LogP contribution >= 0.6 is 0 Å². The molecule has 8 heteroatoms. The van der Waals surface area contributed by atoms with Gasteiger partial charge >= 0.3 is 6.01 Å². The Morgan fingerprint density at radius 2 is 1.89 bits per heavy atom. The molecule has 1 unspecified atom stereocenters. The molecule has 0 fully saturated rings. The first-order valence-corrected chi connectivity index (χ1v) is 7.46. The number of hydrogen-bond acceptors (Lipinski definition) is 6. The molecule has 1 heterocycles. The van der Waals surface area contributed by atoms with Crippen molar-refractivity contribution in [2.24, 2.45) is 0 Å². The number of anilines is 2. The molecule has 0 aliphatic rings. The molecule has 1 atom stereocenters. The molecule has 0 radical (unpaired) electrons. The third-order valence-electron chi connectivity index (χ3n) is 2.23. The highest BCUT2D eigenvalue weighted by Crippen LogP contribution is 2.18. The largest absolute Gasteiger partial charge is 0.406 e. The molecule has 0 saturated carbocycles. The number of hydrogen-bond donors (Lipinski definition) is 2. The Bertz CT molecular complexity index is 639. The van der Waals surface area contributed by atoms with Gasteiger partial charge in [0.2, 0.25) is 15.9 Å². The van der Waals surface area contributed by atoms with E-state index in [1.807, 2.05) is 30.3 Å². The molecule has 1 aromatic carbocycles. The van der Waals surface area contributed by atoms with Gasteiger partial charge in [0.25, 0.3) is 0 Å². The maximum atomic E-state index is 11.1. The van der Waals surface area contributed by atoms with Crippen LogP contribution in [0.1, 0.15) is 18.9 Å². The average Bonchev–Trinajstić information content (AvgIpc) is 2.77. The zero-order valence-corrected chi connectivity index (χ0v) is 11.3. The second kappa shape index (κ2) is 5.37. The van der Waals surface area contributed by atoms with E-state index in [0.29, 0.717) is 0 Å². The van der Waals surface area contributed by atoms with E-state index in [1.54, 1.807) is 6.92 Å². The summed E-state index contributed by atoms with van der Waals surface area (Å²) in [6, 6.07) is 8.96. The Balaban J connectivity index is 2.07. The van der Waals surface area contributed by atoms with Crippen molar-refractivity contribution in [3.05, 3.63) is 36.2 Å². The number of aromatic nitrogens is 2. The third-order valence-corrected chi connectivity index (χ3v) is 3.01. The van der Waals surface area contributed by atoms with Crippen molar-refractivity contribution in [1.82, 2.24) is 14.9 Å². The van der Waals surface area contributed by atoms with Crippen molar-refractivity contribution in [3.8, 4) is 0 Å². The van der Waals surface area contributed by atoms with Gasteiger partial charge in [-0.05, 0) is 19.1 Å². The summed E-state index contributed by atoms with van der Waals surface area (Å²) in [6.07, 6.45) is 1.07. The summed E-state index contributed by atoms with van der Waals surface area (Å²) in [4.78, 5) is 0. The van der Waals surface area contributed by atoms with Gasteiger partial charge in [-0.25, -0.2) is 13.1 Å². The number of nitrogens with one attached hydrogen (secondary N) is 2. The Morgan fingerprint density at radius 1 is 1.21 bits per heavy atom. The topological polar surface area (TPSA) is 97.1 Å². The van der Waals surface area contributed by atoms with Crippen molar-refractivity contribution in [2.75, 3.05) is 11.6 Å². The first-order chi connectivity index (χ1) is 8.94. The van der Waals surface area contributed by atoms with E-state index in [0.717, 1.165) is 11.9 Å². The van der Waals surface area contributed by atoms with Gasteiger partial charge < -0.3 is 9.73 Å². The van der Waals surface area contributed by atoms with Crippen LogP contribution in [-0.2, 0) is 10.0 Å². The summed E-state index contributed by atoms with van der Waals surface area (Å²) in [5.74, 6) is 0.198. The lowest BCUT2D eigenvalue weighted by atomic mass is 10.3. The van der Waals surface area contributed by atoms with E-state index in [4.69, 9.17) is 4.42 Å². The van der Waals surface area contributed by atoms with Crippen LogP contribution in [0, 0.1) is 0 Å². The van der Waals surface area contributed by atoms with Crippen LogP contribution in [0.5, 0.6) is 0 Å². The normalized spacial score (nSPS) is 13.2. The molecule has 2 aromatic rings. The molecule has 0 aliphatic carbocycles. The van der Waals surface area contributed by atoms with Crippen LogP contribution in [0.4, 0.5) is 11.7 Å². The van der Waals surface area contributed by atoms with E-state index >= 15 is 0 Å². The maximum absolute atomic E-state index is 11.1. The molecule has 19 heavy (non-hydrogen) atoms. The Morgan fingerprint density at radius 3 is 2.53 bits per heavy atom. The van der Waals surface area contributed by atoms with E-state index in [-0.39, 0.29) is 11.9 Å². The van der Waals surface area contributed by atoms with E-state index in [9.17, 15) is 8.42 Å². The fourth-order valence-electron chi connectivity index (χ4n) is 1.48. The summed E-state index contributed by atoms with van der Waals surface area (Å²) in [5.41, 5.74) is 0.807. The fourth-order valence-corrected chi connectivity index (χ4v) is 2.22. The summed E-state index contributed by atoms with van der Waals surface area (Å²) in [7, 11) is -3.32. The van der Waals surface area contributed by atoms with Gasteiger partial charge in [0, 0.05) is 5.69 Å². The van der Waals surface area contributed by atoms with E-state index < -0.39 is 16.1 Å². The lowest BCUT2D eigenvalue weighted by Gasteiger charge is -2.06. The van der Waals surface area contributed by atoms with Crippen LogP contribution in [0.25, 0.3) is 0 Å². The second-order valence-electron chi connectivity index (χ2n) is 4.05. The SMILES string of the molecule is CC(NS(C)(=O)=O)c1nnc(Nc2ccccc2)o1. The van der Waals surface area contributed by atoms with Gasteiger partial charge in [0.15, 0.2) is 0 Å². The average molecular weight is 282 g/mol. The van der Waals surface area contributed by atoms with Gasteiger partial charge in [-0.3, -0.25) is 0 Å². The molecule has 0 bridgehead atoms. The molecule has 7 nitrogen and oxygen atoms in total. The van der Waals surface area contributed by atoms with Crippen LogP contribution in [0.15, 0.2) is 34.7 Å². The van der Waals surface area contributed by atoms with Crippen molar-refractivity contribution in [2.45, 2.75) is 13.0 Å². The van der Waals surface area contributed by atoms with Crippen LogP contribution in [-0.4, -0.2) is 24.9 Å². The third kappa shape index (κ3) is 4.04. The highest BCUT2D eigenvalue weighted by molar-refractivity contribution is 7.88. The Labute approximate surface area is 111 Å². The minimum atomic E-state index is -3.32. The molecule has 1 aromatic heterocycles. The zero-order chi connectivity index (χ0) is 13.9. The predicted octanol–water partition coefficient (Wildman–Crippen LogP) is 1.42. The number of rotatable bonds is 5. The number of nitrogens with zero attached hydrogens (tertiary/aromatic N) is 2. The number of para-hydroxylation sites is 1. The minimum Gasteiger partial charge on any atom is -0.406 e. The van der Waals surface area contributed by atoms with Crippen molar-refractivity contribution in [1.29, 1.82) is 0 Å². The molecular formula is C11H14N4O3S. The predicted molar refractivity (Wildman–Crippen MR) is 70.4 cm³/mol. The van der Waals surface area contributed by atoms with Crippen LogP contribution < -0.4 is 10.0 Å². The molecule has 0 amide bonds. The van der Waals surface area contributed by atoms with Crippen LogP contribution in [0.3, 0.4) is 0 Å². The first kappa shape index (κ1) is 13.5. The van der Waals surface area contributed by atoms with Gasteiger partial charge in [-0.15, -0.1) is 5.10 Å². The fraction of sp³-hybridized carbons (Fsp3) is 0.273. The van der Waals surface area contributed by atoms with Crippen molar-refractivity contribution in [3.63, 3.8) is 0 Å². The number of sulfonamides is 1. The molecule has 2 rings (SSSR count). The smallest absolute Gasteiger partial charge is 0.320 e. The molecule has 2 N–H and O–H groups in total. The lowest BCUT2D eigenvalue weighted by molar-refractivity contribution is 0.455. The lowest BCUT2D eigenvalue weighted by Crippen LogP contribution is -2.25. The quantitative estimate of drug-likeness (QED) is 0.861. The highest BCUT2D eigenvalue weighted by atomic mass is 32.2. The van der Waals surface area contributed by atoms with Crippen LogP contribution in [0.2, 0.25) is 0 Å². The van der Waals surface area contributed by atoms with Gasteiger partial charge in [-0.1, -0.05) is 23.3 Å². The molecule has 0 aliphatic heterocycles. The monoisotopic (exact) mass is 282 g/mol. The maximum Gasteiger partial charge on any atom is 0.320 e. The summed E-state index contributed by atoms with van der Waals surface area (Å²) in [6.45, 7) is 1.63. The molecule has 102 valence electrons. The Kier molecular flexibility index (Phi) is 3.82. The van der Waals surface area contributed by atoms with E-state index in [2.05, 4.69) is 20.2 Å². The number of benzene rings is 1. The van der Waals surface area contributed by atoms with E-state index in [1.165, 1.54) is 0 Å². The van der Waals surface area contributed by atoms with Crippen molar-refractivity contribution >= 4 is 21.7 Å². The summed E-state index contributed by atoms with van der Waals surface area (Å²) in [5, 5.41) is 10.5. The van der Waals surface area contributed by atoms with Crippen molar-refractivity contribution < 1.29 is 12.8 Å². The first-order valence-electron chi connectivity index (χ1n) is 5.57. The molecule has 0 saturated heterocycles. The second-order valence-corrected chi connectivity index (χ2v) is 5.83. The van der Waals surface area contributed by atoms with Gasteiger partial charge in [0.05, 0.1) is 12.3 Å². The zero-order valence-electron chi connectivity index (χ0n) is 10.5. The highest BCUT2D eigenvalue weighted by Gasteiger charge is 2.17. The minimum absolute atomic E-state index is 0.198. The van der Waals surface area contributed by atoms with Gasteiger partial charge in [0.1, 0.15) is 0 Å². The summed E-state index contributed by atoms with van der Waals surface area (Å²) < 4.78 is 29.9. The molecule has 0 spiro atoms. The Hall–Kier alpha value is -1.93. The van der Waals surface area contributed by atoms with Gasteiger partial charge in [-0.2, -0.15) is 0 Å². The summed E-state index contributed by atoms with van der Waals surface area (Å²) >= 11 is 0. The molecular weight excluding hydrogens is 268 g/mol.